The van der Waals surface area contributed by atoms with E-state index in [1.807, 2.05) is 24.3 Å². The predicted octanol–water partition coefficient (Wildman–Crippen LogP) is 1.49. The van der Waals surface area contributed by atoms with Crippen LogP contribution in [0.2, 0.25) is 0 Å². The summed E-state index contributed by atoms with van der Waals surface area (Å²) in [5.74, 6) is -1.30. The van der Waals surface area contributed by atoms with Crippen molar-refractivity contribution in [1.82, 2.24) is 10.6 Å². The van der Waals surface area contributed by atoms with Crippen LogP contribution in [0.3, 0.4) is 0 Å². The molecular weight excluding hydrogens is 268 g/mol. The number of carbonyl (C=O) groups excluding carboxylic acids is 1. The zero-order valence-corrected chi connectivity index (χ0v) is 12.6. The Kier molecular flexibility index (Phi) is 4.32. The second-order valence-electron chi connectivity index (χ2n) is 6.48. The van der Waals surface area contributed by atoms with E-state index in [0.717, 1.165) is 17.5 Å². The van der Waals surface area contributed by atoms with Gasteiger partial charge in [0.25, 0.3) is 0 Å². The highest BCUT2D eigenvalue weighted by Gasteiger charge is 2.35. The molecule has 0 saturated heterocycles. The second-order valence-corrected chi connectivity index (χ2v) is 6.48. The van der Waals surface area contributed by atoms with Gasteiger partial charge in [-0.15, -0.1) is 0 Å². The minimum absolute atomic E-state index is 0.288. The molecule has 0 radical (unpaired) electrons. The summed E-state index contributed by atoms with van der Waals surface area (Å²) in [5, 5.41) is 15.1. The van der Waals surface area contributed by atoms with Gasteiger partial charge in [0, 0.05) is 6.54 Å². The summed E-state index contributed by atoms with van der Waals surface area (Å²) in [5.41, 5.74) is 1.52. The van der Waals surface area contributed by atoms with Crippen LogP contribution in [-0.2, 0) is 16.0 Å². The highest BCUT2D eigenvalue weighted by molar-refractivity contribution is 5.88. The van der Waals surface area contributed by atoms with Gasteiger partial charge in [-0.25, -0.2) is 4.79 Å². The minimum Gasteiger partial charge on any atom is -0.480 e. The topological polar surface area (TPSA) is 78.4 Å². The molecule has 0 saturated carbocycles. The van der Waals surface area contributed by atoms with Gasteiger partial charge in [-0.1, -0.05) is 45.0 Å². The molecule has 1 amide bonds. The Morgan fingerprint density at radius 3 is 2.62 bits per heavy atom. The molecule has 1 aromatic rings. The Morgan fingerprint density at radius 2 is 2.00 bits per heavy atom. The minimum atomic E-state index is -1.01. The zero-order valence-electron chi connectivity index (χ0n) is 12.6. The quantitative estimate of drug-likeness (QED) is 0.788. The summed E-state index contributed by atoms with van der Waals surface area (Å²) in [6.45, 7) is 6.11. The molecule has 2 rings (SSSR count). The molecule has 5 nitrogen and oxygen atoms in total. The average molecular weight is 290 g/mol. The van der Waals surface area contributed by atoms with Crippen molar-refractivity contribution in [1.29, 1.82) is 0 Å². The first-order valence-corrected chi connectivity index (χ1v) is 7.15. The van der Waals surface area contributed by atoms with Gasteiger partial charge in [-0.3, -0.25) is 4.79 Å². The van der Waals surface area contributed by atoms with E-state index in [2.05, 4.69) is 10.6 Å². The zero-order chi connectivity index (χ0) is 15.6. The second kappa shape index (κ2) is 5.85. The number of carboxylic acids is 1. The molecule has 1 aromatic carbocycles. The molecule has 21 heavy (non-hydrogen) atoms. The Labute approximate surface area is 124 Å². The lowest BCUT2D eigenvalue weighted by molar-refractivity contribution is -0.145. The van der Waals surface area contributed by atoms with E-state index in [-0.39, 0.29) is 5.91 Å². The van der Waals surface area contributed by atoms with Crippen LogP contribution in [0.25, 0.3) is 0 Å². The Bertz CT molecular complexity index is 549. The van der Waals surface area contributed by atoms with Crippen molar-refractivity contribution in [3.63, 3.8) is 0 Å². The maximum Gasteiger partial charge on any atom is 0.326 e. The summed E-state index contributed by atoms with van der Waals surface area (Å²) in [4.78, 5) is 23.9. The maximum absolute atomic E-state index is 12.5. The molecule has 1 aliphatic heterocycles. The molecule has 0 bridgehead atoms. The Hall–Kier alpha value is -1.88. The molecule has 0 fully saturated rings. The summed E-state index contributed by atoms with van der Waals surface area (Å²) < 4.78 is 0. The van der Waals surface area contributed by atoms with Gasteiger partial charge in [0.05, 0.1) is 0 Å². The van der Waals surface area contributed by atoms with Crippen molar-refractivity contribution < 1.29 is 14.7 Å². The molecular formula is C16H22N2O3. The lowest BCUT2D eigenvalue weighted by Gasteiger charge is -2.31. The summed E-state index contributed by atoms with van der Waals surface area (Å²) in [6, 6.07) is 6.37. The Balaban J connectivity index is 2.20. The number of amides is 1. The number of carboxylic acid groups (broad SMARTS) is 1. The largest absolute Gasteiger partial charge is 0.480 e. The SMILES string of the molecule is CC(C)(C)[C@@H](NC(=O)C1NCCc2ccccc21)C(=O)O. The fourth-order valence-corrected chi connectivity index (χ4v) is 2.61. The first-order valence-electron chi connectivity index (χ1n) is 7.15. The molecule has 1 aliphatic rings. The third kappa shape index (κ3) is 3.42. The molecule has 2 atom stereocenters. The van der Waals surface area contributed by atoms with Crippen molar-refractivity contribution in [3.8, 4) is 0 Å². The summed E-state index contributed by atoms with van der Waals surface area (Å²) in [6.07, 6.45) is 0.877. The van der Waals surface area contributed by atoms with Gasteiger partial charge in [-0.2, -0.15) is 0 Å². The number of aliphatic carboxylic acids is 1. The first kappa shape index (κ1) is 15.5. The summed E-state index contributed by atoms with van der Waals surface area (Å²) >= 11 is 0. The third-order valence-electron chi connectivity index (χ3n) is 3.77. The van der Waals surface area contributed by atoms with E-state index >= 15 is 0 Å². The van der Waals surface area contributed by atoms with Gasteiger partial charge in [-0.05, 0) is 23.0 Å². The molecule has 0 aromatic heterocycles. The smallest absolute Gasteiger partial charge is 0.326 e. The molecule has 1 heterocycles. The predicted molar refractivity (Wildman–Crippen MR) is 79.9 cm³/mol. The molecule has 1 unspecified atom stereocenters. The van der Waals surface area contributed by atoms with E-state index in [0.29, 0.717) is 6.54 Å². The van der Waals surface area contributed by atoms with Crippen molar-refractivity contribution in [3.05, 3.63) is 35.4 Å². The van der Waals surface area contributed by atoms with E-state index < -0.39 is 23.5 Å². The van der Waals surface area contributed by atoms with E-state index in [1.54, 1.807) is 20.8 Å². The van der Waals surface area contributed by atoms with Crippen molar-refractivity contribution in [2.75, 3.05) is 6.54 Å². The van der Waals surface area contributed by atoms with Crippen molar-refractivity contribution >= 4 is 11.9 Å². The first-order chi connectivity index (χ1) is 9.80. The van der Waals surface area contributed by atoms with Crippen LogP contribution in [0.5, 0.6) is 0 Å². The standard InChI is InChI=1S/C16H22N2O3/c1-16(2,3)13(15(20)21)18-14(19)12-11-7-5-4-6-10(11)8-9-17-12/h4-7,12-13,17H,8-9H2,1-3H3,(H,18,19)(H,20,21)/t12?,13-/m0/s1. The third-order valence-corrected chi connectivity index (χ3v) is 3.77. The normalized spacial score (nSPS) is 19.5. The maximum atomic E-state index is 12.5. The number of benzene rings is 1. The van der Waals surface area contributed by atoms with Gasteiger partial charge >= 0.3 is 5.97 Å². The van der Waals surface area contributed by atoms with E-state index in [9.17, 15) is 14.7 Å². The highest BCUT2D eigenvalue weighted by atomic mass is 16.4. The fourth-order valence-electron chi connectivity index (χ4n) is 2.61. The van der Waals surface area contributed by atoms with Crippen LogP contribution >= 0.6 is 0 Å². The fraction of sp³-hybridized carbons (Fsp3) is 0.500. The lowest BCUT2D eigenvalue weighted by atomic mass is 9.86. The summed E-state index contributed by atoms with van der Waals surface area (Å²) in [7, 11) is 0. The molecule has 114 valence electrons. The average Bonchev–Trinajstić information content (AvgIpc) is 2.42. The van der Waals surface area contributed by atoms with Crippen LogP contribution in [0, 0.1) is 5.41 Å². The van der Waals surface area contributed by atoms with E-state index in [4.69, 9.17) is 0 Å². The van der Waals surface area contributed by atoms with Crippen LogP contribution < -0.4 is 10.6 Å². The van der Waals surface area contributed by atoms with Gasteiger partial charge in [0.2, 0.25) is 5.91 Å². The molecule has 0 spiro atoms. The number of fused-ring (bicyclic) bond motifs is 1. The molecule has 0 aliphatic carbocycles. The van der Waals surface area contributed by atoms with Crippen molar-refractivity contribution in [2.45, 2.75) is 39.3 Å². The van der Waals surface area contributed by atoms with E-state index in [1.165, 1.54) is 0 Å². The van der Waals surface area contributed by atoms with Crippen LogP contribution in [0.4, 0.5) is 0 Å². The Morgan fingerprint density at radius 1 is 1.33 bits per heavy atom. The highest BCUT2D eigenvalue weighted by Crippen LogP contribution is 2.25. The number of carbonyl (C=O) groups is 2. The van der Waals surface area contributed by atoms with Crippen molar-refractivity contribution in [2.24, 2.45) is 5.41 Å². The van der Waals surface area contributed by atoms with Gasteiger partial charge in [0.1, 0.15) is 12.1 Å². The lowest BCUT2D eigenvalue weighted by Crippen LogP contribution is -2.52. The number of hydrogen-bond donors (Lipinski definition) is 3. The number of rotatable bonds is 3. The molecule has 3 N–H and O–H groups in total. The number of hydrogen-bond acceptors (Lipinski definition) is 3. The monoisotopic (exact) mass is 290 g/mol. The van der Waals surface area contributed by atoms with Crippen LogP contribution in [-0.4, -0.2) is 29.6 Å². The van der Waals surface area contributed by atoms with Gasteiger partial charge in [0.15, 0.2) is 0 Å². The molecule has 5 heteroatoms. The number of nitrogens with one attached hydrogen (secondary N) is 2. The van der Waals surface area contributed by atoms with Crippen LogP contribution in [0.1, 0.15) is 37.9 Å². The van der Waals surface area contributed by atoms with Gasteiger partial charge < -0.3 is 15.7 Å². The van der Waals surface area contributed by atoms with Crippen LogP contribution in [0.15, 0.2) is 24.3 Å².